The highest BCUT2D eigenvalue weighted by Crippen LogP contribution is 2.25. The summed E-state index contributed by atoms with van der Waals surface area (Å²) in [5.74, 6) is -1.11. The van der Waals surface area contributed by atoms with E-state index in [0.29, 0.717) is 24.5 Å². The van der Waals surface area contributed by atoms with Gasteiger partial charge in [-0.15, -0.1) is 4.37 Å². The van der Waals surface area contributed by atoms with E-state index in [2.05, 4.69) is 14.7 Å². The van der Waals surface area contributed by atoms with Crippen molar-refractivity contribution in [3.8, 4) is 6.01 Å². The zero-order chi connectivity index (χ0) is 17.0. The maximum Gasteiger partial charge on any atom is 0.329 e. The molecule has 2 heterocycles. The highest BCUT2D eigenvalue weighted by atomic mass is 32.1. The molecule has 23 heavy (non-hydrogen) atoms. The van der Waals surface area contributed by atoms with Crippen LogP contribution >= 0.6 is 11.5 Å². The Morgan fingerprint density at radius 2 is 2.30 bits per heavy atom. The first kappa shape index (κ1) is 17.5. The molecule has 0 aromatic carbocycles. The zero-order valence-corrected chi connectivity index (χ0v) is 14.3. The van der Waals surface area contributed by atoms with E-state index in [1.54, 1.807) is 0 Å². The van der Waals surface area contributed by atoms with Crippen molar-refractivity contribution in [2.45, 2.75) is 45.2 Å². The number of likely N-dealkylation sites (tertiary alicyclic amines) is 1. The lowest BCUT2D eigenvalue weighted by Crippen LogP contribution is -2.50. The van der Waals surface area contributed by atoms with Crippen molar-refractivity contribution >= 4 is 28.5 Å². The molecule has 3 atom stereocenters. The van der Waals surface area contributed by atoms with E-state index in [1.165, 1.54) is 12.0 Å². The topological polar surface area (TPSA) is 105 Å². The maximum absolute atomic E-state index is 12.9. The van der Waals surface area contributed by atoms with Gasteiger partial charge in [0, 0.05) is 18.1 Å². The third-order valence-corrected chi connectivity index (χ3v) is 4.80. The average molecular weight is 342 g/mol. The van der Waals surface area contributed by atoms with Crippen LogP contribution < -0.4 is 10.1 Å². The second kappa shape index (κ2) is 7.58. The van der Waals surface area contributed by atoms with Crippen LogP contribution in [0.25, 0.3) is 0 Å². The van der Waals surface area contributed by atoms with Crippen molar-refractivity contribution in [1.82, 2.24) is 14.3 Å². The number of carbonyl (C=O) groups is 2. The number of nitrogens with one attached hydrogen (secondary N) is 1. The second-order valence-electron chi connectivity index (χ2n) is 5.62. The summed E-state index contributed by atoms with van der Waals surface area (Å²) in [6, 6.07) is -1.02. The summed E-state index contributed by atoms with van der Waals surface area (Å²) in [5, 5.41) is 12.9. The predicted octanol–water partition coefficient (Wildman–Crippen LogP) is 1.45. The number of rotatable bonds is 7. The van der Waals surface area contributed by atoms with Crippen LogP contribution in [-0.4, -0.2) is 57.0 Å². The van der Waals surface area contributed by atoms with Gasteiger partial charge in [0.05, 0.1) is 7.11 Å². The lowest BCUT2D eigenvalue weighted by atomic mass is 9.97. The fourth-order valence-corrected chi connectivity index (χ4v) is 3.21. The van der Waals surface area contributed by atoms with Gasteiger partial charge in [0.2, 0.25) is 11.0 Å². The third-order valence-electron chi connectivity index (χ3n) is 4.17. The van der Waals surface area contributed by atoms with Crippen LogP contribution in [0.2, 0.25) is 0 Å². The van der Waals surface area contributed by atoms with Gasteiger partial charge in [-0.1, -0.05) is 20.3 Å². The normalized spacial score (nSPS) is 20.1. The summed E-state index contributed by atoms with van der Waals surface area (Å²) >= 11 is 1.11. The fraction of sp³-hybridized carbons (Fsp3) is 0.714. The number of aromatic nitrogens is 2. The van der Waals surface area contributed by atoms with Crippen molar-refractivity contribution in [2.24, 2.45) is 5.92 Å². The van der Waals surface area contributed by atoms with Crippen LogP contribution in [0.5, 0.6) is 6.01 Å². The van der Waals surface area contributed by atoms with Crippen LogP contribution in [0.15, 0.2) is 0 Å². The first-order chi connectivity index (χ1) is 11.0. The van der Waals surface area contributed by atoms with Gasteiger partial charge in [0.25, 0.3) is 0 Å². The Morgan fingerprint density at radius 3 is 2.87 bits per heavy atom. The minimum atomic E-state index is -0.948. The highest BCUT2D eigenvalue weighted by molar-refractivity contribution is 7.09. The Balaban J connectivity index is 2.17. The summed E-state index contributed by atoms with van der Waals surface area (Å²) < 4.78 is 8.95. The van der Waals surface area contributed by atoms with Crippen LogP contribution in [0.4, 0.5) is 5.13 Å². The molecular formula is C14H22N4O4S. The molecule has 1 aromatic rings. The van der Waals surface area contributed by atoms with Gasteiger partial charge in [0.15, 0.2) is 0 Å². The summed E-state index contributed by atoms with van der Waals surface area (Å²) in [6.45, 7) is 4.43. The molecule has 128 valence electrons. The molecule has 9 heteroatoms. The Morgan fingerprint density at radius 1 is 1.57 bits per heavy atom. The molecule has 0 radical (unpaired) electrons. The second-order valence-corrected chi connectivity index (χ2v) is 6.37. The number of anilines is 1. The molecule has 8 nitrogen and oxygen atoms in total. The van der Waals surface area contributed by atoms with Gasteiger partial charge >= 0.3 is 12.0 Å². The molecule has 1 fully saturated rings. The molecule has 1 saturated heterocycles. The van der Waals surface area contributed by atoms with E-state index >= 15 is 0 Å². The summed E-state index contributed by atoms with van der Waals surface area (Å²) in [4.78, 5) is 29.8. The van der Waals surface area contributed by atoms with Gasteiger partial charge in [-0.2, -0.15) is 4.98 Å². The van der Waals surface area contributed by atoms with Gasteiger partial charge in [-0.25, -0.2) is 4.79 Å². The van der Waals surface area contributed by atoms with E-state index in [9.17, 15) is 14.7 Å². The smallest absolute Gasteiger partial charge is 0.329 e. The van der Waals surface area contributed by atoms with E-state index in [0.717, 1.165) is 18.0 Å². The number of amides is 1. The highest BCUT2D eigenvalue weighted by Gasteiger charge is 2.38. The molecule has 0 saturated carbocycles. The number of hydrogen-bond acceptors (Lipinski definition) is 7. The Labute approximate surface area is 139 Å². The molecule has 0 spiro atoms. The molecule has 0 bridgehead atoms. The van der Waals surface area contributed by atoms with Gasteiger partial charge in [0.1, 0.15) is 12.1 Å². The third kappa shape index (κ3) is 3.90. The molecule has 2 N–H and O–H groups in total. The number of methoxy groups -OCH3 is 1. The van der Waals surface area contributed by atoms with Crippen LogP contribution in [0.3, 0.4) is 0 Å². The van der Waals surface area contributed by atoms with Gasteiger partial charge < -0.3 is 20.1 Å². The number of carboxylic acids is 1. The number of nitrogens with zero attached hydrogens (tertiary/aromatic N) is 3. The SMILES string of the molecule is CCC(C)[C@H](Nc1nc(OC)ns1)C(=O)N1CCC[C@H]1C(=O)O. The standard InChI is InChI=1S/C14H22N4O4S/c1-4-8(2)10(15-14-16-13(22-3)17-23-14)11(19)18-7-5-6-9(18)12(20)21/h8-10H,4-7H2,1-3H3,(H,20,21)(H,15,16,17)/t8?,9-,10-/m0/s1. The lowest BCUT2D eigenvalue weighted by molar-refractivity contribution is -0.148. The van der Waals surface area contributed by atoms with Crippen molar-refractivity contribution in [3.63, 3.8) is 0 Å². The van der Waals surface area contributed by atoms with Crippen molar-refractivity contribution in [2.75, 3.05) is 19.0 Å². The first-order valence-corrected chi connectivity index (χ1v) is 8.42. The first-order valence-electron chi connectivity index (χ1n) is 7.65. The molecule has 2 rings (SSSR count). The minimum Gasteiger partial charge on any atom is -0.480 e. The Kier molecular flexibility index (Phi) is 5.75. The van der Waals surface area contributed by atoms with Gasteiger partial charge in [-0.3, -0.25) is 4.79 Å². The average Bonchev–Trinajstić information content (AvgIpc) is 3.19. The Hall–Kier alpha value is -1.90. The van der Waals surface area contributed by atoms with Crippen LogP contribution in [-0.2, 0) is 9.59 Å². The fourth-order valence-electron chi connectivity index (χ4n) is 2.63. The van der Waals surface area contributed by atoms with E-state index in [-0.39, 0.29) is 17.8 Å². The lowest BCUT2D eigenvalue weighted by Gasteiger charge is -2.30. The number of hydrogen-bond donors (Lipinski definition) is 2. The van der Waals surface area contributed by atoms with Crippen LogP contribution in [0, 0.1) is 5.92 Å². The van der Waals surface area contributed by atoms with E-state index < -0.39 is 18.1 Å². The zero-order valence-electron chi connectivity index (χ0n) is 13.5. The number of carbonyl (C=O) groups excluding carboxylic acids is 1. The van der Waals surface area contributed by atoms with Crippen LogP contribution in [0.1, 0.15) is 33.1 Å². The molecule has 1 aliphatic rings. The number of carboxylic acid groups (broad SMARTS) is 1. The molecule has 1 amide bonds. The predicted molar refractivity (Wildman–Crippen MR) is 85.7 cm³/mol. The summed E-state index contributed by atoms with van der Waals surface area (Å²) in [6.07, 6.45) is 1.99. The summed E-state index contributed by atoms with van der Waals surface area (Å²) in [5.41, 5.74) is 0. The number of aliphatic carboxylic acids is 1. The van der Waals surface area contributed by atoms with E-state index in [4.69, 9.17) is 4.74 Å². The van der Waals surface area contributed by atoms with Gasteiger partial charge in [-0.05, 0) is 18.8 Å². The Bertz CT molecular complexity index is 565. The minimum absolute atomic E-state index is 0.0347. The maximum atomic E-state index is 12.9. The van der Waals surface area contributed by atoms with Crippen molar-refractivity contribution in [1.29, 1.82) is 0 Å². The monoisotopic (exact) mass is 342 g/mol. The van der Waals surface area contributed by atoms with Crippen molar-refractivity contribution in [3.05, 3.63) is 0 Å². The summed E-state index contributed by atoms with van der Waals surface area (Å²) in [7, 11) is 1.48. The molecule has 0 aliphatic carbocycles. The van der Waals surface area contributed by atoms with Crippen molar-refractivity contribution < 1.29 is 19.4 Å². The molecule has 1 unspecified atom stereocenters. The number of ether oxygens (including phenoxy) is 1. The van der Waals surface area contributed by atoms with E-state index in [1.807, 2.05) is 13.8 Å². The molecular weight excluding hydrogens is 320 g/mol. The quantitative estimate of drug-likeness (QED) is 0.772. The molecule has 1 aromatic heterocycles. The molecule has 1 aliphatic heterocycles. The largest absolute Gasteiger partial charge is 0.480 e.